The summed E-state index contributed by atoms with van der Waals surface area (Å²) in [6.45, 7) is 6.37. The van der Waals surface area contributed by atoms with Crippen molar-refractivity contribution in [3.8, 4) is 0 Å². The molecule has 0 aliphatic carbocycles. The van der Waals surface area contributed by atoms with Crippen LogP contribution in [0.25, 0.3) is 10.2 Å². The molecule has 0 saturated carbocycles. The van der Waals surface area contributed by atoms with Crippen LogP contribution in [0.5, 0.6) is 0 Å². The predicted octanol–water partition coefficient (Wildman–Crippen LogP) is 5.22. The van der Waals surface area contributed by atoms with E-state index in [-0.39, 0.29) is 23.3 Å². The summed E-state index contributed by atoms with van der Waals surface area (Å²) < 4.78 is 7.26. The van der Waals surface area contributed by atoms with Crippen LogP contribution in [0.3, 0.4) is 0 Å². The van der Waals surface area contributed by atoms with Crippen LogP contribution in [0.2, 0.25) is 0 Å². The maximum atomic E-state index is 13.3. The van der Waals surface area contributed by atoms with E-state index in [4.69, 9.17) is 9.40 Å². The van der Waals surface area contributed by atoms with Gasteiger partial charge in [-0.1, -0.05) is 17.8 Å². The molecule has 4 aromatic rings. The number of rotatable bonds is 6. The van der Waals surface area contributed by atoms with Crippen LogP contribution in [0, 0.1) is 13.8 Å². The van der Waals surface area contributed by atoms with Gasteiger partial charge in [-0.05, 0) is 49.9 Å². The summed E-state index contributed by atoms with van der Waals surface area (Å²) in [6.07, 6.45) is 2.21. The molecule has 0 saturated heterocycles. The number of carbonyl (C=O) groups excluding carboxylic acids is 1. The summed E-state index contributed by atoms with van der Waals surface area (Å²) in [4.78, 5) is 34.0. The molecule has 170 valence electrons. The van der Waals surface area contributed by atoms with E-state index in [2.05, 4.69) is 5.10 Å². The summed E-state index contributed by atoms with van der Waals surface area (Å²) in [5.41, 5.74) is 1.81. The number of fused-ring (bicyclic) bond motifs is 1. The van der Waals surface area contributed by atoms with E-state index in [0.29, 0.717) is 29.3 Å². The number of hydrogen-bond acceptors (Lipinski definition) is 8. The van der Waals surface area contributed by atoms with Crippen molar-refractivity contribution in [1.29, 1.82) is 0 Å². The molecule has 0 bridgehead atoms. The summed E-state index contributed by atoms with van der Waals surface area (Å²) in [5, 5.41) is 9.41. The zero-order chi connectivity index (χ0) is 23.1. The van der Waals surface area contributed by atoms with Crippen molar-refractivity contribution in [3.63, 3.8) is 0 Å². The van der Waals surface area contributed by atoms with Gasteiger partial charge in [-0.25, -0.2) is 9.99 Å². The first-order valence-electron chi connectivity index (χ1n) is 10.6. The number of hydrazone groups is 1. The highest BCUT2D eigenvalue weighted by atomic mass is 32.2. The summed E-state index contributed by atoms with van der Waals surface area (Å²) >= 11 is 4.40. The molecule has 5 heterocycles. The Morgan fingerprint density at radius 1 is 1.30 bits per heavy atom. The van der Waals surface area contributed by atoms with Gasteiger partial charge in [0.15, 0.2) is 5.16 Å². The van der Waals surface area contributed by atoms with Gasteiger partial charge in [-0.2, -0.15) is 5.10 Å². The Hall–Kier alpha value is -2.69. The minimum absolute atomic E-state index is 0.0491. The Bertz CT molecular complexity index is 1400. The number of amides is 1. The van der Waals surface area contributed by atoms with Gasteiger partial charge in [0.05, 0.1) is 28.0 Å². The fourth-order valence-electron chi connectivity index (χ4n) is 3.92. The number of carbonyl (C=O) groups is 1. The molecule has 33 heavy (non-hydrogen) atoms. The molecule has 1 aliphatic heterocycles. The fourth-order valence-corrected chi connectivity index (χ4v) is 6.63. The highest BCUT2D eigenvalue weighted by Gasteiger charge is 2.35. The first-order valence-corrected chi connectivity index (χ1v) is 13.3. The standard InChI is InChI=1S/C23H22N4O3S3/c1-4-26-22(29)20-13(2)14(3)33-21(20)24-23(26)32-12-19(28)27-16(17-7-5-9-30-17)11-15(25-27)18-8-6-10-31-18/h5-10,16H,4,11-12H2,1-3H3. The van der Waals surface area contributed by atoms with Crippen molar-refractivity contribution >= 4 is 56.3 Å². The van der Waals surface area contributed by atoms with Crippen molar-refractivity contribution in [2.45, 2.75) is 44.9 Å². The molecule has 5 rings (SSSR count). The van der Waals surface area contributed by atoms with Crippen LogP contribution in [0.4, 0.5) is 0 Å². The van der Waals surface area contributed by atoms with Crippen LogP contribution < -0.4 is 5.56 Å². The fraction of sp³-hybridized carbons (Fsp3) is 0.304. The molecule has 0 fully saturated rings. The lowest BCUT2D eigenvalue weighted by Gasteiger charge is -2.20. The summed E-state index contributed by atoms with van der Waals surface area (Å²) in [6, 6.07) is 7.40. The number of thiophene rings is 2. The molecule has 7 nitrogen and oxygen atoms in total. The number of nitrogens with zero attached hydrogens (tertiary/aromatic N) is 4. The monoisotopic (exact) mass is 498 g/mol. The second kappa shape index (κ2) is 8.92. The van der Waals surface area contributed by atoms with Gasteiger partial charge in [0, 0.05) is 17.8 Å². The zero-order valence-corrected chi connectivity index (χ0v) is 20.9. The van der Waals surface area contributed by atoms with Crippen molar-refractivity contribution in [2.24, 2.45) is 5.10 Å². The van der Waals surface area contributed by atoms with Crippen LogP contribution in [-0.2, 0) is 11.3 Å². The quantitative estimate of drug-likeness (QED) is 0.269. The minimum Gasteiger partial charge on any atom is -0.467 e. The molecular weight excluding hydrogens is 476 g/mol. The van der Waals surface area contributed by atoms with Gasteiger partial charge in [0.1, 0.15) is 16.6 Å². The van der Waals surface area contributed by atoms with Gasteiger partial charge in [0.2, 0.25) is 0 Å². The van der Waals surface area contributed by atoms with E-state index in [1.54, 1.807) is 22.2 Å². The van der Waals surface area contributed by atoms with Gasteiger partial charge >= 0.3 is 0 Å². The average molecular weight is 499 g/mol. The lowest BCUT2D eigenvalue weighted by molar-refractivity contribution is -0.130. The first kappa shape index (κ1) is 22.1. The second-order valence-electron chi connectivity index (χ2n) is 7.69. The number of aromatic nitrogens is 2. The van der Waals surface area contributed by atoms with Crippen LogP contribution in [-0.4, -0.2) is 31.9 Å². The van der Waals surface area contributed by atoms with Crippen molar-refractivity contribution in [2.75, 3.05) is 5.75 Å². The number of thioether (sulfide) groups is 1. The minimum atomic E-state index is -0.281. The first-order chi connectivity index (χ1) is 16.0. The number of hydrogen-bond donors (Lipinski definition) is 0. The molecule has 0 N–H and O–H groups in total. The highest BCUT2D eigenvalue weighted by Crippen LogP contribution is 2.35. The largest absolute Gasteiger partial charge is 0.467 e. The van der Waals surface area contributed by atoms with Crippen LogP contribution in [0.15, 0.2) is 55.4 Å². The Balaban J connectivity index is 1.43. The smallest absolute Gasteiger partial charge is 0.263 e. The average Bonchev–Trinajstić information content (AvgIpc) is 3.59. The molecule has 0 spiro atoms. The van der Waals surface area contributed by atoms with Gasteiger partial charge in [-0.3, -0.25) is 14.2 Å². The van der Waals surface area contributed by atoms with Crippen molar-refractivity contribution in [3.05, 3.63) is 67.3 Å². The van der Waals surface area contributed by atoms with E-state index in [9.17, 15) is 9.59 Å². The van der Waals surface area contributed by atoms with E-state index in [1.807, 2.05) is 50.4 Å². The van der Waals surface area contributed by atoms with E-state index >= 15 is 0 Å². The van der Waals surface area contributed by atoms with Gasteiger partial charge in [-0.15, -0.1) is 22.7 Å². The highest BCUT2D eigenvalue weighted by molar-refractivity contribution is 7.99. The molecule has 1 unspecified atom stereocenters. The van der Waals surface area contributed by atoms with Crippen LogP contribution in [0.1, 0.15) is 40.5 Å². The molecule has 1 amide bonds. The van der Waals surface area contributed by atoms with Gasteiger partial charge < -0.3 is 4.42 Å². The number of furan rings is 1. The zero-order valence-electron chi connectivity index (χ0n) is 18.4. The molecule has 10 heteroatoms. The third-order valence-corrected chi connectivity index (χ3v) is 8.72. The van der Waals surface area contributed by atoms with Gasteiger partial charge in [0.25, 0.3) is 11.5 Å². The van der Waals surface area contributed by atoms with Crippen LogP contribution >= 0.6 is 34.4 Å². The third-order valence-electron chi connectivity index (χ3n) is 5.74. The summed E-state index contributed by atoms with van der Waals surface area (Å²) in [7, 11) is 0. The number of aryl methyl sites for hydroxylation is 2. The molecule has 0 aromatic carbocycles. The Labute approximate surface area is 202 Å². The van der Waals surface area contributed by atoms with E-state index < -0.39 is 0 Å². The molecule has 1 atom stereocenters. The SMILES string of the molecule is CCn1c(SCC(=O)N2N=C(c3cccs3)CC2c2ccco2)nc2sc(C)c(C)c2c1=O. The molecule has 1 aliphatic rings. The molecule has 4 aromatic heterocycles. The lowest BCUT2D eigenvalue weighted by atomic mass is 10.1. The topological polar surface area (TPSA) is 80.7 Å². The normalized spacial score (nSPS) is 16.0. The Morgan fingerprint density at radius 3 is 2.85 bits per heavy atom. The maximum Gasteiger partial charge on any atom is 0.263 e. The second-order valence-corrected chi connectivity index (χ2v) is 10.8. The lowest BCUT2D eigenvalue weighted by Crippen LogP contribution is -2.29. The molecular formula is C23H22N4O3S3. The Morgan fingerprint density at radius 2 is 2.15 bits per heavy atom. The van der Waals surface area contributed by atoms with Crippen molar-refractivity contribution < 1.29 is 9.21 Å². The Kier molecular flexibility index (Phi) is 5.98. The van der Waals surface area contributed by atoms with Crippen molar-refractivity contribution in [1.82, 2.24) is 14.6 Å². The predicted molar refractivity (Wildman–Crippen MR) is 134 cm³/mol. The third kappa shape index (κ3) is 3.96. The molecule has 0 radical (unpaired) electrons. The summed E-state index contributed by atoms with van der Waals surface area (Å²) in [5.74, 6) is 0.682. The van der Waals surface area contributed by atoms with E-state index in [0.717, 1.165) is 25.9 Å². The van der Waals surface area contributed by atoms with E-state index in [1.165, 1.54) is 28.1 Å². The maximum absolute atomic E-state index is 13.3.